The van der Waals surface area contributed by atoms with Gasteiger partial charge in [-0.25, -0.2) is 13.2 Å². The lowest BCUT2D eigenvalue weighted by molar-refractivity contribution is 0.200. The number of rotatable bonds is 7. The van der Waals surface area contributed by atoms with Gasteiger partial charge in [0.05, 0.1) is 0 Å². The molecule has 3 rings (SSSR count). The summed E-state index contributed by atoms with van der Waals surface area (Å²) in [6.07, 6.45) is -0.601. The van der Waals surface area contributed by atoms with Gasteiger partial charge >= 0.3 is 0 Å². The average molecular weight is 428 g/mol. The van der Waals surface area contributed by atoms with Gasteiger partial charge in [-0.1, -0.05) is 29.4 Å². The number of aromatic nitrogens is 3. The summed E-state index contributed by atoms with van der Waals surface area (Å²) >= 11 is 7.46. The Morgan fingerprint density at radius 1 is 1.11 bits per heavy atom. The van der Waals surface area contributed by atoms with Gasteiger partial charge in [-0.05, 0) is 43.7 Å². The third-order valence-electron chi connectivity index (χ3n) is 3.99. The van der Waals surface area contributed by atoms with Gasteiger partial charge in [0.15, 0.2) is 28.7 Å². The van der Waals surface area contributed by atoms with Crippen LogP contribution in [-0.2, 0) is 12.3 Å². The zero-order chi connectivity index (χ0) is 20.3. The number of hydrogen-bond donors (Lipinski definition) is 0. The van der Waals surface area contributed by atoms with E-state index in [1.165, 1.54) is 30.0 Å². The van der Waals surface area contributed by atoms with Crippen molar-refractivity contribution in [3.8, 4) is 5.75 Å². The molecule has 0 bridgehead atoms. The maximum atomic E-state index is 13.8. The molecule has 2 aromatic carbocycles. The van der Waals surface area contributed by atoms with Crippen molar-refractivity contribution in [2.75, 3.05) is 0 Å². The minimum atomic E-state index is -0.782. The highest BCUT2D eigenvalue weighted by Gasteiger charge is 2.20. The maximum Gasteiger partial charge on any atom is 0.191 e. The Balaban J connectivity index is 1.75. The molecule has 1 atom stereocenters. The second kappa shape index (κ2) is 8.87. The van der Waals surface area contributed by atoms with Gasteiger partial charge in [0.25, 0.3) is 0 Å². The van der Waals surface area contributed by atoms with Crippen LogP contribution < -0.4 is 4.74 Å². The summed E-state index contributed by atoms with van der Waals surface area (Å²) < 4.78 is 47.5. The van der Waals surface area contributed by atoms with Crippen LogP contribution in [0.3, 0.4) is 0 Å². The van der Waals surface area contributed by atoms with E-state index < -0.39 is 23.6 Å². The molecule has 0 aliphatic rings. The predicted octanol–water partition coefficient (Wildman–Crippen LogP) is 5.80. The van der Waals surface area contributed by atoms with Crippen LogP contribution in [0.1, 0.15) is 31.3 Å². The van der Waals surface area contributed by atoms with Crippen molar-refractivity contribution in [2.24, 2.45) is 0 Å². The van der Waals surface area contributed by atoms with E-state index in [2.05, 4.69) is 10.2 Å². The normalized spacial score (nSPS) is 12.2. The molecule has 0 radical (unpaired) electrons. The van der Waals surface area contributed by atoms with Crippen LogP contribution in [0.2, 0.25) is 5.02 Å². The average Bonchev–Trinajstić information content (AvgIpc) is 3.06. The molecule has 0 spiro atoms. The van der Waals surface area contributed by atoms with Gasteiger partial charge in [-0.2, -0.15) is 0 Å². The molecule has 0 saturated heterocycles. The van der Waals surface area contributed by atoms with Gasteiger partial charge in [-0.15, -0.1) is 10.2 Å². The van der Waals surface area contributed by atoms with Crippen molar-refractivity contribution in [2.45, 2.75) is 37.4 Å². The Bertz CT molecular complexity index is 983. The molecule has 0 fully saturated rings. The van der Waals surface area contributed by atoms with Crippen LogP contribution in [0.5, 0.6) is 5.75 Å². The first-order valence-electron chi connectivity index (χ1n) is 8.50. The fourth-order valence-electron chi connectivity index (χ4n) is 2.60. The second-order valence-electron chi connectivity index (χ2n) is 5.94. The number of benzene rings is 2. The van der Waals surface area contributed by atoms with E-state index in [4.69, 9.17) is 16.3 Å². The highest BCUT2D eigenvalue weighted by molar-refractivity contribution is 7.98. The molecule has 1 unspecified atom stereocenters. The Labute approximate surface area is 169 Å². The zero-order valence-electron chi connectivity index (χ0n) is 15.1. The monoisotopic (exact) mass is 427 g/mol. The number of thioether (sulfide) groups is 1. The third-order valence-corrected chi connectivity index (χ3v) is 5.36. The quantitative estimate of drug-likeness (QED) is 0.447. The number of halogens is 4. The fraction of sp³-hybridized carbons (Fsp3) is 0.263. The molecule has 3 aromatic rings. The van der Waals surface area contributed by atoms with Crippen LogP contribution in [0.25, 0.3) is 0 Å². The van der Waals surface area contributed by atoms with E-state index in [1.807, 2.05) is 11.5 Å². The summed E-state index contributed by atoms with van der Waals surface area (Å²) in [6, 6.07) is 7.37. The zero-order valence-corrected chi connectivity index (χ0v) is 16.7. The van der Waals surface area contributed by atoms with Crippen molar-refractivity contribution >= 4 is 23.4 Å². The number of hydrogen-bond acceptors (Lipinski definition) is 4. The van der Waals surface area contributed by atoms with Gasteiger partial charge in [0, 0.05) is 23.4 Å². The summed E-state index contributed by atoms with van der Waals surface area (Å²) in [6.45, 7) is 4.21. The molecule has 1 aromatic heterocycles. The van der Waals surface area contributed by atoms with Crippen LogP contribution in [0.4, 0.5) is 13.2 Å². The Morgan fingerprint density at radius 3 is 2.50 bits per heavy atom. The summed E-state index contributed by atoms with van der Waals surface area (Å²) in [7, 11) is 0. The molecule has 9 heteroatoms. The molecular weight excluding hydrogens is 411 g/mol. The van der Waals surface area contributed by atoms with Crippen molar-refractivity contribution in [1.29, 1.82) is 0 Å². The summed E-state index contributed by atoms with van der Waals surface area (Å²) in [4.78, 5) is 0. The maximum absolute atomic E-state index is 13.8. The first-order valence-corrected chi connectivity index (χ1v) is 9.87. The van der Waals surface area contributed by atoms with E-state index in [1.54, 1.807) is 13.0 Å². The molecule has 0 saturated carbocycles. The Hall–Kier alpha value is -2.19. The van der Waals surface area contributed by atoms with Gasteiger partial charge in [0.2, 0.25) is 0 Å². The molecule has 0 aliphatic carbocycles. The lowest BCUT2D eigenvalue weighted by atomic mass is 10.2. The van der Waals surface area contributed by atoms with E-state index in [9.17, 15) is 13.2 Å². The predicted molar refractivity (Wildman–Crippen MR) is 102 cm³/mol. The van der Waals surface area contributed by atoms with Gasteiger partial charge in [0.1, 0.15) is 11.6 Å². The molecule has 1 heterocycles. The minimum absolute atomic E-state index is 0.0631. The third kappa shape index (κ3) is 4.62. The SMILES string of the molecule is CCn1c(SCc2ccc(F)cc2Cl)nnc1C(C)Oc1ccc(F)cc1F. The smallest absolute Gasteiger partial charge is 0.191 e. The highest BCUT2D eigenvalue weighted by Crippen LogP contribution is 2.29. The van der Waals surface area contributed by atoms with Gasteiger partial charge < -0.3 is 9.30 Å². The molecule has 4 nitrogen and oxygen atoms in total. The standard InChI is InChI=1S/C19H17ClF3N3OS/c1-3-26-18(11(2)27-17-7-6-14(22)9-16(17)23)24-25-19(26)28-10-12-4-5-13(21)8-15(12)20/h4-9,11H,3,10H2,1-2H3. The molecule has 0 amide bonds. The summed E-state index contributed by atoms with van der Waals surface area (Å²) in [5, 5.41) is 9.31. The molecule has 0 N–H and O–H groups in total. The van der Waals surface area contributed by atoms with E-state index >= 15 is 0 Å². The van der Waals surface area contributed by atoms with Crippen molar-refractivity contribution in [3.05, 3.63) is 70.3 Å². The van der Waals surface area contributed by atoms with Crippen molar-refractivity contribution in [1.82, 2.24) is 14.8 Å². The molecule has 148 valence electrons. The minimum Gasteiger partial charge on any atom is -0.480 e. The lowest BCUT2D eigenvalue weighted by Gasteiger charge is -2.16. The summed E-state index contributed by atoms with van der Waals surface area (Å²) in [5.41, 5.74) is 0.776. The largest absolute Gasteiger partial charge is 0.480 e. The van der Waals surface area contributed by atoms with Gasteiger partial charge in [-0.3, -0.25) is 0 Å². The van der Waals surface area contributed by atoms with Crippen LogP contribution >= 0.6 is 23.4 Å². The van der Waals surface area contributed by atoms with E-state index in [-0.39, 0.29) is 5.75 Å². The molecule has 28 heavy (non-hydrogen) atoms. The lowest BCUT2D eigenvalue weighted by Crippen LogP contribution is -2.12. The highest BCUT2D eigenvalue weighted by atomic mass is 35.5. The Morgan fingerprint density at radius 2 is 1.82 bits per heavy atom. The first-order chi connectivity index (χ1) is 13.4. The molecular formula is C19H17ClF3N3OS. The second-order valence-corrected chi connectivity index (χ2v) is 7.29. The van der Waals surface area contributed by atoms with Crippen LogP contribution in [0, 0.1) is 17.5 Å². The fourth-order valence-corrected chi connectivity index (χ4v) is 3.93. The molecule has 0 aliphatic heterocycles. The number of nitrogens with zero attached hydrogens (tertiary/aromatic N) is 3. The Kier molecular flexibility index (Phi) is 6.51. The van der Waals surface area contributed by atoms with Crippen molar-refractivity contribution < 1.29 is 17.9 Å². The van der Waals surface area contributed by atoms with E-state index in [0.717, 1.165) is 17.7 Å². The van der Waals surface area contributed by atoms with Crippen molar-refractivity contribution in [3.63, 3.8) is 0 Å². The summed E-state index contributed by atoms with van der Waals surface area (Å²) in [5.74, 6) is -0.913. The first kappa shape index (κ1) is 20.5. The van der Waals surface area contributed by atoms with Crippen LogP contribution in [-0.4, -0.2) is 14.8 Å². The number of ether oxygens (including phenoxy) is 1. The van der Waals surface area contributed by atoms with Crippen LogP contribution in [0.15, 0.2) is 41.6 Å². The topological polar surface area (TPSA) is 39.9 Å². The van der Waals surface area contributed by atoms with E-state index in [0.29, 0.717) is 28.3 Å².